The third-order valence-electron chi connectivity index (χ3n) is 6.15. The predicted molar refractivity (Wildman–Crippen MR) is 124 cm³/mol. The Balaban J connectivity index is 1.60. The monoisotopic (exact) mass is 433 g/mol. The number of piperidine rings is 1. The molecule has 0 radical (unpaired) electrons. The maximum Gasteiger partial charge on any atom is 0.265 e. The molecule has 1 aliphatic heterocycles. The molecule has 2 heterocycles. The Morgan fingerprint density at radius 2 is 1.87 bits per heavy atom. The lowest BCUT2D eigenvalue weighted by Gasteiger charge is -2.41. The molecule has 1 aliphatic rings. The van der Waals surface area contributed by atoms with Gasteiger partial charge in [-0.1, -0.05) is 54.1 Å². The summed E-state index contributed by atoms with van der Waals surface area (Å²) in [7, 11) is 0. The maximum absolute atomic E-state index is 13.1. The van der Waals surface area contributed by atoms with Gasteiger partial charge in [-0.05, 0) is 49.8 Å². The molecule has 2 amide bonds. The van der Waals surface area contributed by atoms with Gasteiger partial charge in [0, 0.05) is 13.1 Å². The van der Waals surface area contributed by atoms with Crippen molar-refractivity contribution in [2.45, 2.75) is 33.1 Å². The standard InChI is InChI=1S/C25H27N3O2S/c1-17-6-3-8-20(12-17)21-9-4-7-19(13-21)14-25(24(26)30)10-5-11-28(15-25)23(29)22-18(2)27-16-31-22/h3-4,6-9,12-13,16H,5,10-11,14-15H2,1-2H3,(H2,26,30)/t25-/m1/s1. The van der Waals surface area contributed by atoms with Gasteiger partial charge in [0.05, 0.1) is 16.6 Å². The number of thiazole rings is 1. The fraction of sp³-hybridized carbons (Fsp3) is 0.320. The lowest BCUT2D eigenvalue weighted by molar-refractivity contribution is -0.130. The molecule has 2 aromatic carbocycles. The number of carbonyl (C=O) groups is 2. The van der Waals surface area contributed by atoms with Crippen molar-refractivity contribution >= 4 is 23.2 Å². The minimum absolute atomic E-state index is 0.0566. The number of nitrogens with two attached hydrogens (primary N) is 1. The predicted octanol–water partition coefficient (Wildman–Crippen LogP) is 4.38. The van der Waals surface area contributed by atoms with Crippen LogP contribution in [0.4, 0.5) is 0 Å². The van der Waals surface area contributed by atoms with Crippen molar-refractivity contribution in [1.29, 1.82) is 0 Å². The number of benzene rings is 2. The van der Waals surface area contributed by atoms with Gasteiger partial charge in [0.25, 0.3) is 5.91 Å². The zero-order chi connectivity index (χ0) is 22.0. The molecule has 4 rings (SSSR count). The molecule has 6 heteroatoms. The summed E-state index contributed by atoms with van der Waals surface area (Å²) in [4.78, 5) is 32.3. The number of aromatic nitrogens is 1. The summed E-state index contributed by atoms with van der Waals surface area (Å²) in [5.74, 6) is -0.397. The second kappa shape index (κ2) is 8.63. The Bertz CT molecular complexity index is 1120. The van der Waals surface area contributed by atoms with Crippen molar-refractivity contribution in [3.63, 3.8) is 0 Å². The van der Waals surface area contributed by atoms with E-state index in [9.17, 15) is 9.59 Å². The van der Waals surface area contributed by atoms with E-state index < -0.39 is 5.41 Å². The van der Waals surface area contributed by atoms with E-state index >= 15 is 0 Å². The van der Waals surface area contributed by atoms with E-state index in [2.05, 4.69) is 42.2 Å². The van der Waals surface area contributed by atoms with Crippen LogP contribution < -0.4 is 5.73 Å². The van der Waals surface area contributed by atoms with Crippen LogP contribution in [0.2, 0.25) is 0 Å². The molecular weight excluding hydrogens is 406 g/mol. The van der Waals surface area contributed by atoms with E-state index in [4.69, 9.17) is 5.73 Å². The van der Waals surface area contributed by atoms with E-state index in [1.807, 2.05) is 25.1 Å². The first-order valence-corrected chi connectivity index (χ1v) is 11.4. The van der Waals surface area contributed by atoms with Crippen LogP contribution >= 0.6 is 11.3 Å². The Morgan fingerprint density at radius 3 is 2.55 bits per heavy atom. The van der Waals surface area contributed by atoms with Crippen molar-refractivity contribution in [3.05, 3.63) is 75.7 Å². The number of primary amides is 1. The molecule has 31 heavy (non-hydrogen) atoms. The number of amides is 2. The number of rotatable bonds is 5. The van der Waals surface area contributed by atoms with Crippen molar-refractivity contribution in [3.8, 4) is 11.1 Å². The number of carbonyl (C=O) groups excluding carboxylic acids is 2. The topological polar surface area (TPSA) is 76.3 Å². The van der Waals surface area contributed by atoms with Crippen LogP contribution in [0, 0.1) is 19.3 Å². The van der Waals surface area contributed by atoms with E-state index in [-0.39, 0.29) is 11.8 Å². The van der Waals surface area contributed by atoms with Gasteiger partial charge >= 0.3 is 0 Å². The molecule has 1 saturated heterocycles. The van der Waals surface area contributed by atoms with E-state index in [0.29, 0.717) is 30.8 Å². The molecule has 0 spiro atoms. The molecule has 1 aromatic heterocycles. The van der Waals surface area contributed by atoms with Crippen LogP contribution in [0.3, 0.4) is 0 Å². The zero-order valence-electron chi connectivity index (χ0n) is 17.9. The second-order valence-corrected chi connectivity index (χ2v) is 9.34. The summed E-state index contributed by atoms with van der Waals surface area (Å²) >= 11 is 1.35. The summed E-state index contributed by atoms with van der Waals surface area (Å²) < 4.78 is 0. The van der Waals surface area contributed by atoms with Gasteiger partial charge in [-0.15, -0.1) is 11.3 Å². The van der Waals surface area contributed by atoms with Gasteiger partial charge in [0.2, 0.25) is 5.91 Å². The van der Waals surface area contributed by atoms with Crippen LogP contribution in [0.15, 0.2) is 54.0 Å². The van der Waals surface area contributed by atoms with Crippen molar-refractivity contribution < 1.29 is 9.59 Å². The first kappa shape index (κ1) is 21.2. The van der Waals surface area contributed by atoms with Gasteiger partial charge in [-0.2, -0.15) is 0 Å². The smallest absolute Gasteiger partial charge is 0.265 e. The quantitative estimate of drug-likeness (QED) is 0.649. The van der Waals surface area contributed by atoms with Crippen molar-refractivity contribution in [1.82, 2.24) is 9.88 Å². The maximum atomic E-state index is 13.1. The minimum atomic E-state index is -0.766. The van der Waals surface area contributed by atoms with Crippen LogP contribution in [-0.2, 0) is 11.2 Å². The molecule has 0 aliphatic carbocycles. The second-order valence-electron chi connectivity index (χ2n) is 8.49. The molecule has 1 atom stereocenters. The summed E-state index contributed by atoms with van der Waals surface area (Å²) in [5.41, 5.74) is 12.1. The Morgan fingerprint density at radius 1 is 1.13 bits per heavy atom. The fourth-order valence-corrected chi connectivity index (χ4v) is 5.23. The third kappa shape index (κ3) is 4.39. The van der Waals surface area contributed by atoms with Crippen LogP contribution in [0.1, 0.15) is 39.3 Å². The highest BCUT2D eigenvalue weighted by Gasteiger charge is 2.42. The van der Waals surface area contributed by atoms with Gasteiger partial charge in [0.15, 0.2) is 0 Å². The number of aryl methyl sites for hydroxylation is 2. The average Bonchev–Trinajstić information content (AvgIpc) is 3.19. The van der Waals surface area contributed by atoms with E-state index in [1.54, 1.807) is 10.4 Å². The SMILES string of the molecule is Cc1cccc(-c2cccc(C[C@]3(C(N)=O)CCCN(C(=O)c4scnc4C)C3)c2)c1. The van der Waals surface area contributed by atoms with Gasteiger partial charge in [-0.3, -0.25) is 9.59 Å². The first-order chi connectivity index (χ1) is 14.9. The van der Waals surface area contributed by atoms with Gasteiger partial charge < -0.3 is 10.6 Å². The normalized spacial score (nSPS) is 18.7. The molecular formula is C25H27N3O2S. The summed E-state index contributed by atoms with van der Waals surface area (Å²) in [6, 6.07) is 16.6. The van der Waals surface area contributed by atoms with Crippen molar-refractivity contribution in [2.75, 3.05) is 13.1 Å². The van der Waals surface area contributed by atoms with Gasteiger partial charge in [-0.25, -0.2) is 4.98 Å². The highest BCUT2D eigenvalue weighted by molar-refractivity contribution is 7.11. The molecule has 0 saturated carbocycles. The number of nitrogens with zero attached hydrogens (tertiary/aromatic N) is 2. The summed E-state index contributed by atoms with van der Waals surface area (Å²) in [6.45, 7) is 4.89. The number of hydrogen-bond donors (Lipinski definition) is 1. The highest BCUT2D eigenvalue weighted by atomic mass is 32.1. The Hall–Kier alpha value is -2.99. The lowest BCUT2D eigenvalue weighted by atomic mass is 9.74. The largest absolute Gasteiger partial charge is 0.369 e. The average molecular weight is 434 g/mol. The van der Waals surface area contributed by atoms with Crippen molar-refractivity contribution in [2.24, 2.45) is 11.1 Å². The van der Waals surface area contributed by atoms with Crippen LogP contribution in [0.5, 0.6) is 0 Å². The van der Waals surface area contributed by atoms with Crippen LogP contribution in [0.25, 0.3) is 11.1 Å². The Labute approximate surface area is 186 Å². The lowest BCUT2D eigenvalue weighted by Crippen LogP contribution is -2.53. The summed E-state index contributed by atoms with van der Waals surface area (Å²) in [6.07, 6.45) is 1.96. The third-order valence-corrected chi connectivity index (χ3v) is 7.06. The molecule has 3 aromatic rings. The first-order valence-electron chi connectivity index (χ1n) is 10.5. The minimum Gasteiger partial charge on any atom is -0.369 e. The Kier molecular flexibility index (Phi) is 5.92. The zero-order valence-corrected chi connectivity index (χ0v) is 18.7. The van der Waals surface area contributed by atoms with Crippen LogP contribution in [-0.4, -0.2) is 34.8 Å². The van der Waals surface area contributed by atoms with E-state index in [1.165, 1.54) is 16.9 Å². The number of likely N-dealkylation sites (tertiary alicyclic amines) is 1. The molecule has 160 valence electrons. The summed E-state index contributed by atoms with van der Waals surface area (Å²) in [5, 5.41) is 0. The molecule has 5 nitrogen and oxygen atoms in total. The number of hydrogen-bond acceptors (Lipinski definition) is 4. The highest BCUT2D eigenvalue weighted by Crippen LogP contribution is 2.35. The molecule has 0 unspecified atom stereocenters. The molecule has 0 bridgehead atoms. The molecule has 1 fully saturated rings. The fourth-order valence-electron chi connectivity index (χ4n) is 4.46. The molecule has 2 N–H and O–H groups in total. The van der Waals surface area contributed by atoms with Gasteiger partial charge in [0.1, 0.15) is 4.88 Å². The van der Waals surface area contributed by atoms with E-state index in [0.717, 1.165) is 28.8 Å².